The molecule has 2 aliphatic rings. The van der Waals surface area contributed by atoms with Crippen molar-refractivity contribution in [1.82, 2.24) is 0 Å². The van der Waals surface area contributed by atoms with E-state index in [0.717, 1.165) is 18.8 Å². The number of hydrogen-bond acceptors (Lipinski definition) is 2. The molecule has 19 heavy (non-hydrogen) atoms. The van der Waals surface area contributed by atoms with Crippen LogP contribution in [0.15, 0.2) is 22.3 Å². The molecule has 2 nitrogen and oxygen atoms in total. The molecule has 0 saturated heterocycles. The van der Waals surface area contributed by atoms with E-state index in [1.807, 2.05) is 6.26 Å². The smallest absolute Gasteiger partial charge is 0.113 e. The highest BCUT2D eigenvalue weighted by atomic mass is 16.5. The van der Waals surface area contributed by atoms with Crippen LogP contribution in [0.5, 0.6) is 0 Å². The molecule has 1 aromatic heterocycles. The molecule has 0 unspecified atom stereocenters. The minimum atomic E-state index is 0.135. The fourth-order valence-electron chi connectivity index (χ4n) is 3.93. The lowest BCUT2D eigenvalue weighted by Crippen LogP contribution is -2.41. The summed E-state index contributed by atoms with van der Waals surface area (Å²) in [6.45, 7) is 9.74. The van der Waals surface area contributed by atoms with Gasteiger partial charge in [0, 0.05) is 24.0 Å². The quantitative estimate of drug-likeness (QED) is 0.726. The van der Waals surface area contributed by atoms with Crippen LogP contribution >= 0.6 is 0 Å². The molecule has 0 bridgehead atoms. The SMILES string of the molecule is CCO[C@H]1c2c(C)coc2CC2=CCC[C@H](C)[C@]21C. The van der Waals surface area contributed by atoms with Crippen molar-refractivity contribution < 1.29 is 9.15 Å². The molecular weight excluding hydrogens is 236 g/mol. The third-order valence-electron chi connectivity index (χ3n) is 5.30. The minimum absolute atomic E-state index is 0.135. The van der Waals surface area contributed by atoms with Crippen LogP contribution < -0.4 is 0 Å². The molecule has 0 radical (unpaired) electrons. The van der Waals surface area contributed by atoms with Gasteiger partial charge in [-0.25, -0.2) is 0 Å². The molecule has 1 aromatic rings. The number of allylic oxidation sites excluding steroid dienone is 1. The maximum absolute atomic E-state index is 6.19. The number of fused-ring (bicyclic) bond motifs is 2. The number of hydrogen-bond donors (Lipinski definition) is 0. The summed E-state index contributed by atoms with van der Waals surface area (Å²) in [6, 6.07) is 0. The molecule has 3 atom stereocenters. The lowest BCUT2D eigenvalue weighted by Gasteiger charge is -2.49. The van der Waals surface area contributed by atoms with Crippen LogP contribution in [0.1, 0.15) is 56.6 Å². The second-order valence-corrected chi connectivity index (χ2v) is 6.26. The predicted octanol–water partition coefficient (Wildman–Crippen LogP) is 4.58. The van der Waals surface area contributed by atoms with Gasteiger partial charge in [0.1, 0.15) is 5.76 Å². The van der Waals surface area contributed by atoms with Crippen molar-refractivity contribution >= 4 is 0 Å². The third kappa shape index (κ3) is 1.73. The number of aryl methyl sites for hydroxylation is 1. The summed E-state index contributed by atoms with van der Waals surface area (Å²) in [5, 5.41) is 0. The minimum Gasteiger partial charge on any atom is -0.468 e. The largest absolute Gasteiger partial charge is 0.468 e. The fourth-order valence-corrected chi connectivity index (χ4v) is 3.93. The summed E-state index contributed by atoms with van der Waals surface area (Å²) in [5.74, 6) is 1.78. The average molecular weight is 260 g/mol. The van der Waals surface area contributed by atoms with Crippen LogP contribution in [-0.2, 0) is 11.2 Å². The van der Waals surface area contributed by atoms with Crippen LogP contribution in [0.3, 0.4) is 0 Å². The van der Waals surface area contributed by atoms with Crippen molar-refractivity contribution in [1.29, 1.82) is 0 Å². The molecule has 1 heterocycles. The molecule has 0 fully saturated rings. The summed E-state index contributed by atoms with van der Waals surface area (Å²) < 4.78 is 12.0. The second kappa shape index (κ2) is 4.52. The van der Waals surface area contributed by atoms with Gasteiger partial charge in [0.25, 0.3) is 0 Å². The molecule has 0 spiro atoms. The van der Waals surface area contributed by atoms with Gasteiger partial charge >= 0.3 is 0 Å². The normalized spacial score (nSPS) is 33.6. The van der Waals surface area contributed by atoms with Gasteiger partial charge in [0.2, 0.25) is 0 Å². The van der Waals surface area contributed by atoms with E-state index in [1.165, 1.54) is 29.5 Å². The zero-order valence-corrected chi connectivity index (χ0v) is 12.5. The summed E-state index contributed by atoms with van der Waals surface area (Å²) in [5.41, 5.74) is 4.21. The fraction of sp³-hybridized carbons (Fsp3) is 0.647. The van der Waals surface area contributed by atoms with E-state index in [0.29, 0.717) is 5.92 Å². The van der Waals surface area contributed by atoms with E-state index >= 15 is 0 Å². The van der Waals surface area contributed by atoms with Crippen molar-refractivity contribution in [3.05, 3.63) is 34.8 Å². The number of furan rings is 1. The van der Waals surface area contributed by atoms with Crippen molar-refractivity contribution in [2.75, 3.05) is 6.61 Å². The maximum Gasteiger partial charge on any atom is 0.113 e. The Hall–Kier alpha value is -1.02. The van der Waals surface area contributed by atoms with E-state index in [-0.39, 0.29) is 11.5 Å². The molecule has 0 aliphatic heterocycles. The molecule has 0 N–H and O–H groups in total. The second-order valence-electron chi connectivity index (χ2n) is 6.26. The molecule has 3 rings (SSSR count). The van der Waals surface area contributed by atoms with Gasteiger partial charge in [-0.3, -0.25) is 0 Å². The highest BCUT2D eigenvalue weighted by molar-refractivity contribution is 5.42. The Morgan fingerprint density at radius 2 is 2.26 bits per heavy atom. The highest BCUT2D eigenvalue weighted by Gasteiger charge is 2.49. The van der Waals surface area contributed by atoms with Crippen LogP contribution in [0.4, 0.5) is 0 Å². The van der Waals surface area contributed by atoms with Gasteiger partial charge in [-0.1, -0.05) is 25.5 Å². The van der Waals surface area contributed by atoms with Crippen LogP contribution in [0.25, 0.3) is 0 Å². The van der Waals surface area contributed by atoms with Crippen LogP contribution in [-0.4, -0.2) is 6.61 Å². The Bertz CT molecular complexity index is 511. The van der Waals surface area contributed by atoms with E-state index in [2.05, 4.69) is 33.8 Å². The van der Waals surface area contributed by atoms with Gasteiger partial charge in [-0.15, -0.1) is 0 Å². The molecule has 0 amide bonds. The van der Waals surface area contributed by atoms with Crippen molar-refractivity contribution in [3.8, 4) is 0 Å². The Morgan fingerprint density at radius 3 is 3.00 bits per heavy atom. The van der Waals surface area contributed by atoms with E-state index in [4.69, 9.17) is 9.15 Å². The summed E-state index contributed by atoms with van der Waals surface area (Å²) in [6.07, 6.45) is 7.89. The third-order valence-corrected chi connectivity index (χ3v) is 5.30. The summed E-state index contributed by atoms with van der Waals surface area (Å²) >= 11 is 0. The molecule has 104 valence electrons. The molecule has 2 aliphatic carbocycles. The zero-order chi connectivity index (χ0) is 13.6. The van der Waals surface area contributed by atoms with E-state index < -0.39 is 0 Å². The lowest BCUT2D eigenvalue weighted by atomic mass is 9.58. The highest BCUT2D eigenvalue weighted by Crippen LogP contribution is 2.57. The zero-order valence-electron chi connectivity index (χ0n) is 12.5. The first-order valence-electron chi connectivity index (χ1n) is 7.47. The standard InChI is InChI=1S/C17H24O2/c1-5-18-16-15-11(2)10-19-14(15)9-13-8-6-7-12(3)17(13,16)4/h8,10,12,16H,5-7,9H2,1-4H3/t12-,16-,17+/m0/s1. The van der Waals surface area contributed by atoms with Crippen molar-refractivity contribution in [2.24, 2.45) is 11.3 Å². The maximum atomic E-state index is 6.19. The van der Waals surface area contributed by atoms with E-state index in [1.54, 1.807) is 0 Å². The van der Waals surface area contributed by atoms with E-state index in [9.17, 15) is 0 Å². The molecule has 0 aromatic carbocycles. The average Bonchev–Trinajstić information content (AvgIpc) is 2.74. The van der Waals surface area contributed by atoms with Crippen molar-refractivity contribution in [2.45, 2.75) is 53.1 Å². The predicted molar refractivity (Wildman–Crippen MR) is 76.1 cm³/mol. The number of rotatable bonds is 2. The van der Waals surface area contributed by atoms with Gasteiger partial charge in [0.15, 0.2) is 0 Å². The first kappa shape index (κ1) is 13.0. The van der Waals surface area contributed by atoms with Gasteiger partial charge in [-0.05, 0) is 38.2 Å². The Kier molecular flexibility index (Phi) is 3.09. The van der Waals surface area contributed by atoms with Crippen molar-refractivity contribution in [3.63, 3.8) is 0 Å². The first-order valence-corrected chi connectivity index (χ1v) is 7.47. The van der Waals surface area contributed by atoms with Gasteiger partial charge < -0.3 is 9.15 Å². The van der Waals surface area contributed by atoms with Crippen LogP contribution in [0.2, 0.25) is 0 Å². The Morgan fingerprint density at radius 1 is 1.47 bits per heavy atom. The number of ether oxygens (including phenoxy) is 1. The van der Waals surface area contributed by atoms with Gasteiger partial charge in [0.05, 0.1) is 12.4 Å². The Labute approximate surface area is 115 Å². The molecule has 2 heteroatoms. The van der Waals surface area contributed by atoms with Gasteiger partial charge in [-0.2, -0.15) is 0 Å². The topological polar surface area (TPSA) is 22.4 Å². The molecule has 0 saturated carbocycles. The lowest BCUT2D eigenvalue weighted by molar-refractivity contribution is -0.0493. The first-order chi connectivity index (χ1) is 9.09. The Balaban J connectivity index is 2.16. The summed E-state index contributed by atoms with van der Waals surface area (Å²) in [7, 11) is 0. The molecular formula is C17H24O2. The summed E-state index contributed by atoms with van der Waals surface area (Å²) in [4.78, 5) is 0. The van der Waals surface area contributed by atoms with Crippen LogP contribution in [0, 0.1) is 18.3 Å². The monoisotopic (exact) mass is 260 g/mol.